The molecule has 3 atom stereocenters. The fourth-order valence-electron chi connectivity index (χ4n) is 2.42. The van der Waals surface area contributed by atoms with Crippen LogP contribution in [0.2, 0.25) is 0 Å². The largest absolute Gasteiger partial charge is 0.390 e. The molecule has 0 rings (SSSR count). The molecule has 2 nitrogen and oxygen atoms in total. The zero-order valence-electron chi connectivity index (χ0n) is 13.2. The van der Waals surface area contributed by atoms with Crippen molar-refractivity contribution in [2.75, 3.05) is 0 Å². The average Bonchev–Trinajstić information content (AvgIpc) is 2.43. The first-order valence-electron chi connectivity index (χ1n) is 7.63. The second-order valence-corrected chi connectivity index (χ2v) is 5.62. The molecule has 0 bridgehead atoms. The molecule has 0 spiro atoms. The topological polar surface area (TPSA) is 40.5 Å². The molecule has 0 aliphatic rings. The van der Waals surface area contributed by atoms with E-state index in [-0.39, 0.29) is 0 Å². The van der Waals surface area contributed by atoms with Crippen LogP contribution in [0.4, 0.5) is 0 Å². The average molecular weight is 268 g/mol. The van der Waals surface area contributed by atoms with Crippen molar-refractivity contribution in [2.24, 2.45) is 5.92 Å². The zero-order chi connectivity index (χ0) is 14.9. The molecule has 0 saturated heterocycles. The highest BCUT2D eigenvalue weighted by Crippen LogP contribution is 2.33. The van der Waals surface area contributed by atoms with Gasteiger partial charge in [-0.15, -0.1) is 6.58 Å². The van der Waals surface area contributed by atoms with Crippen molar-refractivity contribution in [3.05, 3.63) is 24.8 Å². The van der Waals surface area contributed by atoms with Crippen LogP contribution in [0.3, 0.4) is 0 Å². The second-order valence-electron chi connectivity index (χ2n) is 5.62. The fraction of sp³-hybridized carbons (Fsp3) is 0.765. The Hall–Kier alpha value is -0.600. The van der Waals surface area contributed by atoms with Crippen LogP contribution >= 0.6 is 0 Å². The van der Waals surface area contributed by atoms with Crippen molar-refractivity contribution in [1.29, 1.82) is 0 Å². The lowest BCUT2D eigenvalue weighted by atomic mass is 9.77. The monoisotopic (exact) mass is 268 g/mol. The van der Waals surface area contributed by atoms with Crippen molar-refractivity contribution in [1.82, 2.24) is 0 Å². The van der Waals surface area contributed by atoms with Gasteiger partial charge in [0.25, 0.3) is 0 Å². The van der Waals surface area contributed by atoms with Crippen LogP contribution in [0, 0.1) is 5.92 Å². The number of hydrogen-bond donors (Lipinski definition) is 2. The summed E-state index contributed by atoms with van der Waals surface area (Å²) < 4.78 is 0. The lowest BCUT2D eigenvalue weighted by molar-refractivity contribution is -0.0558. The van der Waals surface area contributed by atoms with Gasteiger partial charge in [-0.3, -0.25) is 0 Å². The van der Waals surface area contributed by atoms with Crippen molar-refractivity contribution in [3.8, 4) is 0 Å². The highest BCUT2D eigenvalue weighted by molar-refractivity contribution is 5.02. The number of aliphatic hydroxyl groups is 2. The maximum atomic E-state index is 10.8. The van der Waals surface area contributed by atoms with Gasteiger partial charge in [-0.1, -0.05) is 45.9 Å². The predicted octanol–water partition coefficient (Wildman–Crippen LogP) is 4.23. The molecular weight excluding hydrogens is 236 g/mol. The van der Waals surface area contributed by atoms with Gasteiger partial charge in [0.05, 0.1) is 11.2 Å². The Morgan fingerprint density at radius 1 is 1.11 bits per heavy atom. The summed E-state index contributed by atoms with van der Waals surface area (Å²) in [5, 5.41) is 21.1. The lowest BCUT2D eigenvalue weighted by Crippen LogP contribution is -2.40. The quantitative estimate of drug-likeness (QED) is 0.582. The number of allylic oxidation sites excluding steroid dienone is 2. The van der Waals surface area contributed by atoms with Crippen LogP contribution in [-0.2, 0) is 0 Å². The molecule has 0 aromatic rings. The third kappa shape index (κ3) is 6.40. The smallest absolute Gasteiger partial charge is 0.0849 e. The van der Waals surface area contributed by atoms with E-state index in [9.17, 15) is 10.2 Å². The van der Waals surface area contributed by atoms with Gasteiger partial charge in [-0.05, 0) is 38.0 Å². The molecule has 3 unspecified atom stereocenters. The highest BCUT2D eigenvalue weighted by atomic mass is 16.3. The van der Waals surface area contributed by atoms with Crippen LogP contribution in [0.5, 0.6) is 0 Å². The van der Waals surface area contributed by atoms with Gasteiger partial charge in [0, 0.05) is 6.42 Å². The van der Waals surface area contributed by atoms with Gasteiger partial charge in [-0.25, -0.2) is 0 Å². The minimum Gasteiger partial charge on any atom is -0.390 e. The maximum absolute atomic E-state index is 10.8. The first-order valence-corrected chi connectivity index (χ1v) is 7.63. The first-order chi connectivity index (χ1) is 8.88. The summed E-state index contributed by atoms with van der Waals surface area (Å²) in [5.41, 5.74) is -1.78. The van der Waals surface area contributed by atoms with Gasteiger partial charge in [0.1, 0.15) is 0 Å². The third-order valence-electron chi connectivity index (χ3n) is 4.10. The molecule has 112 valence electrons. The summed E-state index contributed by atoms with van der Waals surface area (Å²) in [4.78, 5) is 0. The Labute approximate surface area is 119 Å². The summed E-state index contributed by atoms with van der Waals surface area (Å²) in [6.45, 7) is 11.9. The SMILES string of the molecule is C=CC(O)(CC)CC(O)(CC)CC(/C=C/CC)CC. The Kier molecular flexibility index (Phi) is 8.28. The molecule has 0 aliphatic heterocycles. The van der Waals surface area contributed by atoms with Crippen LogP contribution in [0.15, 0.2) is 24.8 Å². The second kappa shape index (κ2) is 8.55. The Bertz CT molecular complexity index is 285. The predicted molar refractivity (Wildman–Crippen MR) is 83.1 cm³/mol. The summed E-state index contributed by atoms with van der Waals surface area (Å²) in [6.07, 6.45) is 10.3. The fourth-order valence-corrected chi connectivity index (χ4v) is 2.42. The van der Waals surface area contributed by atoms with Crippen LogP contribution in [0.1, 0.15) is 66.2 Å². The highest BCUT2D eigenvalue weighted by Gasteiger charge is 2.35. The number of rotatable bonds is 10. The van der Waals surface area contributed by atoms with E-state index in [2.05, 4.69) is 32.6 Å². The van der Waals surface area contributed by atoms with Crippen molar-refractivity contribution in [2.45, 2.75) is 77.4 Å². The van der Waals surface area contributed by atoms with E-state index in [1.165, 1.54) is 0 Å². The molecule has 2 N–H and O–H groups in total. The van der Waals surface area contributed by atoms with Gasteiger partial charge in [0.15, 0.2) is 0 Å². The van der Waals surface area contributed by atoms with Crippen LogP contribution < -0.4 is 0 Å². The molecule has 0 aliphatic carbocycles. The molecule has 0 heterocycles. The van der Waals surface area contributed by atoms with E-state index in [1.807, 2.05) is 13.8 Å². The molecule has 0 aromatic carbocycles. The van der Waals surface area contributed by atoms with E-state index in [0.717, 1.165) is 12.8 Å². The summed E-state index contributed by atoms with van der Waals surface area (Å²) in [5.74, 6) is 0.371. The van der Waals surface area contributed by atoms with Crippen LogP contribution in [0.25, 0.3) is 0 Å². The zero-order valence-corrected chi connectivity index (χ0v) is 13.2. The lowest BCUT2D eigenvalue weighted by Gasteiger charge is -2.36. The molecule has 19 heavy (non-hydrogen) atoms. The molecule has 0 amide bonds. The van der Waals surface area contributed by atoms with E-state index in [1.54, 1.807) is 6.08 Å². The minimum absolute atomic E-state index is 0.368. The van der Waals surface area contributed by atoms with Crippen molar-refractivity contribution >= 4 is 0 Å². The normalized spacial score (nSPS) is 19.9. The summed E-state index contributed by atoms with van der Waals surface area (Å²) in [7, 11) is 0. The van der Waals surface area contributed by atoms with Gasteiger partial charge in [0.2, 0.25) is 0 Å². The molecule has 2 heteroatoms. The molecule has 0 radical (unpaired) electrons. The molecular formula is C17H32O2. The van der Waals surface area contributed by atoms with Crippen LogP contribution in [-0.4, -0.2) is 21.4 Å². The summed E-state index contributed by atoms with van der Waals surface area (Å²) in [6, 6.07) is 0. The van der Waals surface area contributed by atoms with E-state index in [0.29, 0.717) is 31.6 Å². The maximum Gasteiger partial charge on any atom is 0.0849 e. The van der Waals surface area contributed by atoms with Crippen molar-refractivity contribution in [3.63, 3.8) is 0 Å². The Balaban J connectivity index is 4.84. The van der Waals surface area contributed by atoms with Crippen molar-refractivity contribution < 1.29 is 10.2 Å². The first kappa shape index (κ1) is 18.4. The third-order valence-corrected chi connectivity index (χ3v) is 4.10. The van der Waals surface area contributed by atoms with E-state index >= 15 is 0 Å². The Morgan fingerprint density at radius 2 is 1.74 bits per heavy atom. The minimum atomic E-state index is -0.961. The number of hydrogen-bond acceptors (Lipinski definition) is 2. The van der Waals surface area contributed by atoms with Gasteiger partial charge >= 0.3 is 0 Å². The standard InChI is InChI=1S/C17H32O2/c1-6-11-12-15(7-2)13-17(19,10-5)14-16(18,8-3)9-4/h8,11-12,15,18-19H,3,6-7,9-10,13-14H2,1-2,4-5H3/b12-11+. The molecule has 0 aromatic heterocycles. The summed E-state index contributed by atoms with van der Waals surface area (Å²) >= 11 is 0. The molecule has 0 fully saturated rings. The van der Waals surface area contributed by atoms with E-state index in [4.69, 9.17) is 0 Å². The Morgan fingerprint density at radius 3 is 2.11 bits per heavy atom. The molecule has 0 saturated carbocycles. The van der Waals surface area contributed by atoms with Gasteiger partial charge in [-0.2, -0.15) is 0 Å². The van der Waals surface area contributed by atoms with Gasteiger partial charge < -0.3 is 10.2 Å². The van der Waals surface area contributed by atoms with E-state index < -0.39 is 11.2 Å².